The lowest BCUT2D eigenvalue weighted by Gasteiger charge is -2.39. The quantitative estimate of drug-likeness (QED) is 0.418. The van der Waals surface area contributed by atoms with Crippen LogP contribution in [0.2, 0.25) is 10.0 Å². The first kappa shape index (κ1) is 20.6. The van der Waals surface area contributed by atoms with E-state index in [0.29, 0.717) is 6.04 Å². The molecular weight excluding hydrogens is 419 g/mol. The third-order valence-electron chi connectivity index (χ3n) is 5.45. The van der Waals surface area contributed by atoms with Gasteiger partial charge < -0.3 is 4.90 Å². The summed E-state index contributed by atoms with van der Waals surface area (Å²) in [5.74, 6) is 0. The lowest BCUT2D eigenvalue weighted by molar-refractivity contribution is 0.196. The highest BCUT2D eigenvalue weighted by Crippen LogP contribution is 2.37. The number of para-hydroxylation sites is 1. The van der Waals surface area contributed by atoms with Crippen molar-refractivity contribution in [2.75, 3.05) is 31.1 Å². The maximum Gasteiger partial charge on any atom is 0.0410 e. The SMILES string of the molecule is CC(c1cc(Cl)ccc1Sc1ccc(Cl)cc1)N1CCN(c2ccccc2)CC1. The standard InChI is InChI=1S/C24H24Cl2N2S/c1-18(27-13-15-28(16-14-27)21-5-3-2-4-6-21)23-17-20(26)9-12-24(23)29-22-10-7-19(25)8-11-22/h2-12,17-18H,13-16H2,1H3. The van der Waals surface area contributed by atoms with Crippen molar-refractivity contribution in [2.45, 2.75) is 22.8 Å². The zero-order valence-electron chi connectivity index (χ0n) is 16.4. The molecule has 0 aromatic heterocycles. The van der Waals surface area contributed by atoms with Gasteiger partial charge in [0.2, 0.25) is 0 Å². The van der Waals surface area contributed by atoms with E-state index in [1.807, 2.05) is 18.2 Å². The highest BCUT2D eigenvalue weighted by atomic mass is 35.5. The Morgan fingerprint density at radius 3 is 2.14 bits per heavy atom. The molecule has 1 heterocycles. The van der Waals surface area contributed by atoms with Gasteiger partial charge in [-0.2, -0.15) is 0 Å². The van der Waals surface area contributed by atoms with Gasteiger partial charge in [-0.15, -0.1) is 0 Å². The number of halogens is 2. The zero-order chi connectivity index (χ0) is 20.2. The molecule has 0 radical (unpaired) electrons. The fraction of sp³-hybridized carbons (Fsp3) is 0.250. The van der Waals surface area contributed by atoms with Crippen LogP contribution >= 0.6 is 35.0 Å². The van der Waals surface area contributed by atoms with Gasteiger partial charge in [0.05, 0.1) is 0 Å². The van der Waals surface area contributed by atoms with E-state index in [0.717, 1.165) is 36.2 Å². The minimum Gasteiger partial charge on any atom is -0.369 e. The first-order valence-electron chi connectivity index (χ1n) is 9.87. The number of hydrogen-bond acceptors (Lipinski definition) is 3. The highest BCUT2D eigenvalue weighted by Gasteiger charge is 2.24. The Morgan fingerprint density at radius 2 is 1.45 bits per heavy atom. The van der Waals surface area contributed by atoms with Gasteiger partial charge in [-0.3, -0.25) is 4.90 Å². The molecular formula is C24H24Cl2N2S. The van der Waals surface area contributed by atoms with Crippen LogP contribution in [0.25, 0.3) is 0 Å². The number of anilines is 1. The van der Waals surface area contributed by atoms with Crippen molar-refractivity contribution in [3.05, 3.63) is 88.4 Å². The van der Waals surface area contributed by atoms with Crippen molar-refractivity contribution in [1.82, 2.24) is 4.90 Å². The Hall–Kier alpha value is -1.65. The van der Waals surface area contributed by atoms with Crippen LogP contribution in [0.5, 0.6) is 0 Å². The second kappa shape index (κ2) is 9.44. The molecule has 1 aliphatic rings. The molecule has 150 valence electrons. The van der Waals surface area contributed by atoms with Crippen LogP contribution in [0.3, 0.4) is 0 Å². The fourth-order valence-corrected chi connectivity index (χ4v) is 5.09. The Bertz CT molecular complexity index is 939. The molecule has 1 atom stereocenters. The largest absolute Gasteiger partial charge is 0.369 e. The Morgan fingerprint density at radius 1 is 0.793 bits per heavy atom. The van der Waals surface area contributed by atoms with E-state index in [1.54, 1.807) is 11.8 Å². The lowest BCUT2D eigenvalue weighted by Crippen LogP contribution is -2.47. The van der Waals surface area contributed by atoms with E-state index in [4.69, 9.17) is 23.2 Å². The van der Waals surface area contributed by atoms with Crippen LogP contribution in [0.1, 0.15) is 18.5 Å². The molecule has 0 saturated carbocycles. The first-order valence-corrected chi connectivity index (χ1v) is 11.4. The van der Waals surface area contributed by atoms with Gasteiger partial charge in [0.1, 0.15) is 0 Å². The predicted octanol–water partition coefficient (Wildman–Crippen LogP) is 7.03. The summed E-state index contributed by atoms with van der Waals surface area (Å²) in [7, 11) is 0. The second-order valence-corrected chi connectivity index (χ2v) is 9.26. The summed E-state index contributed by atoms with van der Waals surface area (Å²) in [5.41, 5.74) is 2.59. The van der Waals surface area contributed by atoms with Crippen LogP contribution in [0, 0.1) is 0 Å². The summed E-state index contributed by atoms with van der Waals surface area (Å²) >= 11 is 14.2. The van der Waals surface area contributed by atoms with E-state index >= 15 is 0 Å². The van der Waals surface area contributed by atoms with E-state index in [-0.39, 0.29) is 0 Å². The minimum absolute atomic E-state index is 0.307. The maximum atomic E-state index is 6.37. The molecule has 0 spiro atoms. The smallest absolute Gasteiger partial charge is 0.0410 e. The van der Waals surface area contributed by atoms with Gasteiger partial charge in [-0.1, -0.05) is 53.2 Å². The third-order valence-corrected chi connectivity index (χ3v) is 7.03. The van der Waals surface area contributed by atoms with E-state index in [1.165, 1.54) is 21.0 Å². The van der Waals surface area contributed by atoms with Gasteiger partial charge in [0.15, 0.2) is 0 Å². The van der Waals surface area contributed by atoms with Gasteiger partial charge in [-0.25, -0.2) is 0 Å². The van der Waals surface area contributed by atoms with Crippen LogP contribution in [0.15, 0.2) is 82.6 Å². The molecule has 29 heavy (non-hydrogen) atoms. The number of nitrogens with zero attached hydrogens (tertiary/aromatic N) is 2. The van der Waals surface area contributed by atoms with Gasteiger partial charge in [-0.05, 0) is 67.1 Å². The summed E-state index contributed by atoms with van der Waals surface area (Å²) < 4.78 is 0. The highest BCUT2D eigenvalue weighted by molar-refractivity contribution is 7.99. The fourth-order valence-electron chi connectivity index (χ4n) is 3.77. The second-order valence-electron chi connectivity index (χ2n) is 7.27. The molecule has 0 aliphatic carbocycles. The molecule has 0 bridgehead atoms. The predicted molar refractivity (Wildman–Crippen MR) is 126 cm³/mol. The summed E-state index contributed by atoms with van der Waals surface area (Å²) in [6, 6.07) is 25.2. The summed E-state index contributed by atoms with van der Waals surface area (Å²) in [5, 5.41) is 1.55. The van der Waals surface area contributed by atoms with Crippen molar-refractivity contribution in [3.8, 4) is 0 Å². The van der Waals surface area contributed by atoms with Gasteiger partial charge in [0, 0.05) is 57.7 Å². The monoisotopic (exact) mass is 442 g/mol. The topological polar surface area (TPSA) is 6.48 Å². The average Bonchev–Trinajstić information content (AvgIpc) is 2.77. The molecule has 1 saturated heterocycles. The van der Waals surface area contributed by atoms with Crippen LogP contribution in [-0.4, -0.2) is 31.1 Å². The maximum absolute atomic E-state index is 6.37. The summed E-state index contributed by atoms with van der Waals surface area (Å²) in [4.78, 5) is 7.44. The summed E-state index contributed by atoms with van der Waals surface area (Å²) in [6.07, 6.45) is 0. The van der Waals surface area contributed by atoms with Crippen molar-refractivity contribution in [1.29, 1.82) is 0 Å². The molecule has 2 nitrogen and oxygen atoms in total. The molecule has 5 heteroatoms. The Kier molecular flexibility index (Phi) is 6.71. The molecule has 0 N–H and O–H groups in total. The van der Waals surface area contributed by atoms with Crippen molar-refractivity contribution >= 4 is 40.7 Å². The normalized spacial score (nSPS) is 16.0. The molecule has 3 aromatic carbocycles. The van der Waals surface area contributed by atoms with Crippen molar-refractivity contribution in [3.63, 3.8) is 0 Å². The summed E-state index contributed by atoms with van der Waals surface area (Å²) in [6.45, 7) is 6.43. The van der Waals surface area contributed by atoms with Crippen molar-refractivity contribution < 1.29 is 0 Å². The number of hydrogen-bond donors (Lipinski definition) is 0. The molecule has 1 unspecified atom stereocenters. The molecule has 1 aliphatic heterocycles. The van der Waals surface area contributed by atoms with E-state index < -0.39 is 0 Å². The van der Waals surface area contributed by atoms with E-state index in [9.17, 15) is 0 Å². The van der Waals surface area contributed by atoms with Crippen LogP contribution < -0.4 is 4.90 Å². The Balaban J connectivity index is 1.49. The average molecular weight is 443 g/mol. The van der Waals surface area contributed by atoms with Gasteiger partial charge >= 0.3 is 0 Å². The van der Waals surface area contributed by atoms with Crippen molar-refractivity contribution in [2.24, 2.45) is 0 Å². The number of rotatable bonds is 5. The Labute approximate surface area is 187 Å². The molecule has 4 rings (SSSR count). The minimum atomic E-state index is 0.307. The first-order chi connectivity index (χ1) is 14.1. The van der Waals surface area contributed by atoms with Crippen LogP contribution in [0.4, 0.5) is 5.69 Å². The molecule has 1 fully saturated rings. The molecule has 0 amide bonds. The number of piperazine rings is 1. The molecule has 3 aromatic rings. The van der Waals surface area contributed by atoms with E-state index in [2.05, 4.69) is 71.3 Å². The van der Waals surface area contributed by atoms with Crippen LogP contribution in [-0.2, 0) is 0 Å². The lowest BCUT2D eigenvalue weighted by atomic mass is 10.1. The third kappa shape index (κ3) is 5.10. The zero-order valence-corrected chi connectivity index (χ0v) is 18.7. The number of benzene rings is 3. The van der Waals surface area contributed by atoms with Gasteiger partial charge in [0.25, 0.3) is 0 Å².